The van der Waals surface area contributed by atoms with Crippen LogP contribution in [0.5, 0.6) is 5.88 Å². The van der Waals surface area contributed by atoms with E-state index in [0.717, 1.165) is 6.07 Å². The van der Waals surface area contributed by atoms with Crippen LogP contribution in [-0.2, 0) is 6.18 Å². The molecule has 3 aromatic rings. The highest BCUT2D eigenvalue weighted by Crippen LogP contribution is 2.35. The third-order valence-electron chi connectivity index (χ3n) is 2.90. The summed E-state index contributed by atoms with van der Waals surface area (Å²) < 4.78 is 50.5. The van der Waals surface area contributed by atoms with E-state index in [9.17, 15) is 13.2 Å². The van der Waals surface area contributed by atoms with Gasteiger partial charge in [0.05, 0.1) is 31.4 Å². The Morgan fingerprint density at radius 3 is 2.65 bits per heavy atom. The molecule has 4 nitrogen and oxygen atoms in total. The van der Waals surface area contributed by atoms with Crippen molar-refractivity contribution in [3.8, 4) is 17.0 Å². The normalized spacial score (nSPS) is 12.0. The quantitative estimate of drug-likeness (QED) is 0.720. The number of halogens is 3. The Bertz CT molecular complexity index is 745. The van der Waals surface area contributed by atoms with Gasteiger partial charge < -0.3 is 13.6 Å². The molecule has 0 amide bonds. The van der Waals surface area contributed by atoms with Crippen LogP contribution in [0.25, 0.3) is 16.8 Å². The zero-order valence-corrected chi connectivity index (χ0v) is 10.3. The summed E-state index contributed by atoms with van der Waals surface area (Å²) in [4.78, 5) is 3.82. The molecule has 0 fully saturated rings. The summed E-state index contributed by atoms with van der Waals surface area (Å²) in [7, 11) is 1.35. The first-order chi connectivity index (χ1) is 9.49. The first kappa shape index (κ1) is 12.6. The maximum absolute atomic E-state index is 13.1. The molecular weight excluding hydrogens is 273 g/mol. The number of fused-ring (bicyclic) bond motifs is 1. The van der Waals surface area contributed by atoms with Gasteiger partial charge in [-0.2, -0.15) is 18.2 Å². The van der Waals surface area contributed by atoms with Crippen LogP contribution in [0.2, 0.25) is 0 Å². The number of furan rings is 1. The molecule has 3 rings (SSSR count). The van der Waals surface area contributed by atoms with Gasteiger partial charge >= 0.3 is 6.18 Å². The number of hydrogen-bond acceptors (Lipinski definition) is 3. The number of rotatable bonds is 2. The molecular formula is C13H9F3N2O2. The van der Waals surface area contributed by atoms with Crippen LogP contribution in [0.3, 0.4) is 0 Å². The zero-order chi connectivity index (χ0) is 14.3. The van der Waals surface area contributed by atoms with Crippen molar-refractivity contribution in [2.45, 2.75) is 6.18 Å². The minimum Gasteiger partial charge on any atom is -0.480 e. The van der Waals surface area contributed by atoms with Crippen LogP contribution in [0.4, 0.5) is 13.2 Å². The number of ether oxygens (including phenoxy) is 1. The number of alkyl halides is 3. The second-order valence-electron chi connectivity index (χ2n) is 4.17. The van der Waals surface area contributed by atoms with Crippen LogP contribution >= 0.6 is 0 Å². The summed E-state index contributed by atoms with van der Waals surface area (Å²) in [5.41, 5.74) is -0.0650. The largest absolute Gasteiger partial charge is 0.480 e. The van der Waals surface area contributed by atoms with E-state index in [1.165, 1.54) is 30.2 Å². The van der Waals surface area contributed by atoms with Crippen LogP contribution in [0.1, 0.15) is 5.56 Å². The molecule has 0 unspecified atom stereocenters. The lowest BCUT2D eigenvalue weighted by molar-refractivity contribution is -0.136. The molecule has 0 spiro atoms. The number of methoxy groups -OCH3 is 1. The molecule has 3 aromatic heterocycles. The fourth-order valence-electron chi connectivity index (χ4n) is 1.97. The Labute approximate surface area is 111 Å². The van der Waals surface area contributed by atoms with Crippen molar-refractivity contribution < 1.29 is 22.3 Å². The average Bonchev–Trinajstić information content (AvgIpc) is 3.04. The highest BCUT2D eigenvalue weighted by Gasteiger charge is 2.35. The minimum absolute atomic E-state index is 0.125. The third-order valence-corrected chi connectivity index (χ3v) is 2.90. The van der Waals surface area contributed by atoms with E-state index in [1.807, 2.05) is 0 Å². The summed E-state index contributed by atoms with van der Waals surface area (Å²) in [6.45, 7) is 0. The minimum atomic E-state index is -4.50. The molecule has 0 aliphatic rings. The Kier molecular flexibility index (Phi) is 2.70. The van der Waals surface area contributed by atoms with E-state index in [4.69, 9.17) is 9.15 Å². The topological polar surface area (TPSA) is 39.7 Å². The van der Waals surface area contributed by atoms with Crippen LogP contribution < -0.4 is 4.74 Å². The van der Waals surface area contributed by atoms with Gasteiger partial charge in [-0.15, -0.1) is 0 Å². The van der Waals surface area contributed by atoms with Gasteiger partial charge in [-0.1, -0.05) is 0 Å². The van der Waals surface area contributed by atoms with E-state index < -0.39 is 11.7 Å². The maximum Gasteiger partial charge on any atom is 0.420 e. The number of pyridine rings is 1. The molecule has 0 aromatic carbocycles. The number of hydrogen-bond donors (Lipinski definition) is 0. The Hall–Kier alpha value is -2.44. The Morgan fingerprint density at radius 1 is 1.25 bits per heavy atom. The number of aromatic nitrogens is 2. The van der Waals surface area contributed by atoms with E-state index >= 15 is 0 Å². The molecule has 7 heteroatoms. The van der Waals surface area contributed by atoms with Crippen LogP contribution in [-0.4, -0.2) is 16.5 Å². The van der Waals surface area contributed by atoms with Gasteiger partial charge in [-0.05, 0) is 12.1 Å². The van der Waals surface area contributed by atoms with E-state index in [1.54, 1.807) is 12.3 Å². The fraction of sp³-hybridized carbons (Fsp3) is 0.154. The Morgan fingerprint density at radius 2 is 2.05 bits per heavy atom. The number of imidazole rings is 1. The van der Waals surface area contributed by atoms with Crippen molar-refractivity contribution in [2.75, 3.05) is 7.11 Å². The summed E-state index contributed by atoms with van der Waals surface area (Å²) >= 11 is 0. The predicted molar refractivity (Wildman–Crippen MR) is 64.4 cm³/mol. The van der Waals surface area contributed by atoms with Gasteiger partial charge in [-0.3, -0.25) is 0 Å². The summed E-state index contributed by atoms with van der Waals surface area (Å²) in [5, 5.41) is 0. The fourth-order valence-corrected chi connectivity index (χ4v) is 1.97. The van der Waals surface area contributed by atoms with Crippen molar-refractivity contribution in [1.29, 1.82) is 0 Å². The Balaban J connectivity index is 2.30. The lowest BCUT2D eigenvalue weighted by Gasteiger charge is -2.10. The highest BCUT2D eigenvalue weighted by atomic mass is 19.4. The molecule has 20 heavy (non-hydrogen) atoms. The van der Waals surface area contributed by atoms with Crippen molar-refractivity contribution >= 4 is 5.65 Å². The van der Waals surface area contributed by atoms with Crippen molar-refractivity contribution in [2.24, 2.45) is 0 Å². The molecule has 0 aliphatic heterocycles. The van der Waals surface area contributed by atoms with Gasteiger partial charge in [0, 0.05) is 17.3 Å². The molecule has 0 saturated carbocycles. The predicted octanol–water partition coefficient (Wildman–Crippen LogP) is 3.62. The van der Waals surface area contributed by atoms with Gasteiger partial charge in [0.1, 0.15) is 0 Å². The molecule has 0 aliphatic carbocycles. The lowest BCUT2D eigenvalue weighted by atomic mass is 10.1. The lowest BCUT2D eigenvalue weighted by Crippen LogP contribution is -2.08. The highest BCUT2D eigenvalue weighted by molar-refractivity contribution is 5.67. The second kappa shape index (κ2) is 4.29. The van der Waals surface area contributed by atoms with Crippen molar-refractivity contribution in [1.82, 2.24) is 9.38 Å². The first-order valence-corrected chi connectivity index (χ1v) is 5.65. The van der Waals surface area contributed by atoms with E-state index in [-0.39, 0.29) is 11.5 Å². The van der Waals surface area contributed by atoms with Gasteiger partial charge in [0.25, 0.3) is 0 Å². The molecule has 0 bridgehead atoms. The molecule has 0 saturated heterocycles. The average molecular weight is 282 g/mol. The summed E-state index contributed by atoms with van der Waals surface area (Å²) in [5.74, 6) is 0.125. The zero-order valence-electron chi connectivity index (χ0n) is 10.3. The maximum atomic E-state index is 13.1. The van der Waals surface area contributed by atoms with E-state index in [2.05, 4.69) is 4.98 Å². The third kappa shape index (κ3) is 2.01. The van der Waals surface area contributed by atoms with Crippen LogP contribution in [0, 0.1) is 0 Å². The second-order valence-corrected chi connectivity index (χ2v) is 4.17. The van der Waals surface area contributed by atoms with Gasteiger partial charge in [-0.25, -0.2) is 0 Å². The SMILES string of the molecule is COc1cn2cc(-c3ccoc3)cc(C(F)(F)F)c2n1. The van der Waals surface area contributed by atoms with Gasteiger partial charge in [0.2, 0.25) is 5.88 Å². The van der Waals surface area contributed by atoms with E-state index in [0.29, 0.717) is 11.1 Å². The smallest absolute Gasteiger partial charge is 0.420 e. The monoisotopic (exact) mass is 282 g/mol. The molecule has 0 atom stereocenters. The van der Waals surface area contributed by atoms with Gasteiger partial charge in [0.15, 0.2) is 5.65 Å². The van der Waals surface area contributed by atoms with Crippen molar-refractivity contribution in [3.05, 3.63) is 42.6 Å². The standard InChI is InChI=1S/C13H9F3N2O2/c1-19-11-6-18-5-9(8-2-3-20-7-8)4-10(12(18)17-11)13(14,15)16/h2-7H,1H3. The molecule has 0 N–H and O–H groups in total. The molecule has 104 valence electrons. The number of nitrogens with zero attached hydrogens (tertiary/aromatic N) is 2. The summed E-state index contributed by atoms with van der Waals surface area (Å²) in [6, 6.07) is 2.64. The molecule has 3 heterocycles. The summed E-state index contributed by atoms with van der Waals surface area (Å²) in [6.07, 6.45) is 1.23. The van der Waals surface area contributed by atoms with Crippen molar-refractivity contribution in [3.63, 3.8) is 0 Å². The first-order valence-electron chi connectivity index (χ1n) is 5.65. The molecule has 0 radical (unpaired) electrons. The van der Waals surface area contributed by atoms with Crippen LogP contribution in [0.15, 0.2) is 41.5 Å².